The number of rotatable bonds is 6. The highest BCUT2D eigenvalue weighted by Crippen LogP contribution is 2.53. The van der Waals surface area contributed by atoms with E-state index in [1.54, 1.807) is 4.68 Å². The van der Waals surface area contributed by atoms with Gasteiger partial charge in [-0.1, -0.05) is 34.1 Å². The number of carbonyl (C=O) groups is 1. The van der Waals surface area contributed by atoms with Crippen molar-refractivity contribution in [3.05, 3.63) is 18.0 Å². The van der Waals surface area contributed by atoms with Gasteiger partial charge in [-0.05, 0) is 49.5 Å². The smallest absolute Gasteiger partial charge is 0.157 e. The van der Waals surface area contributed by atoms with Crippen LogP contribution in [0.3, 0.4) is 0 Å². The van der Waals surface area contributed by atoms with Crippen molar-refractivity contribution in [1.29, 1.82) is 0 Å². The van der Waals surface area contributed by atoms with Crippen LogP contribution in [0.5, 0.6) is 0 Å². The highest BCUT2D eigenvalue weighted by Gasteiger charge is 2.49. The van der Waals surface area contributed by atoms with E-state index in [0.717, 1.165) is 18.5 Å². The number of aryl methyl sites for hydroxylation is 1. The van der Waals surface area contributed by atoms with Crippen molar-refractivity contribution >= 4 is 5.78 Å². The maximum absolute atomic E-state index is 12.8. The van der Waals surface area contributed by atoms with Gasteiger partial charge in [0.15, 0.2) is 5.78 Å². The number of aromatic nitrogens is 2. The van der Waals surface area contributed by atoms with E-state index in [0.29, 0.717) is 24.2 Å². The molecule has 0 N–H and O–H groups in total. The van der Waals surface area contributed by atoms with E-state index in [2.05, 4.69) is 32.8 Å². The van der Waals surface area contributed by atoms with E-state index < -0.39 is 0 Å². The Kier molecular flexibility index (Phi) is 4.90. The Bertz CT molecular complexity index is 493. The summed E-state index contributed by atoms with van der Waals surface area (Å²) in [5.74, 6) is 1.96. The van der Waals surface area contributed by atoms with E-state index in [1.807, 2.05) is 19.2 Å². The topological polar surface area (TPSA) is 34.9 Å². The van der Waals surface area contributed by atoms with Gasteiger partial charge in [-0.25, -0.2) is 0 Å². The fourth-order valence-corrected chi connectivity index (χ4v) is 4.34. The highest BCUT2D eigenvalue weighted by atomic mass is 16.1. The molecular weight excluding hydrogens is 260 g/mol. The third-order valence-corrected chi connectivity index (χ3v) is 5.98. The molecule has 1 saturated carbocycles. The molecule has 4 unspecified atom stereocenters. The lowest BCUT2D eigenvalue weighted by Crippen LogP contribution is -2.37. The number of hydrogen-bond acceptors (Lipinski definition) is 2. The quantitative estimate of drug-likeness (QED) is 0.785. The molecular formula is C18H30N2O. The van der Waals surface area contributed by atoms with Crippen LogP contribution in [0, 0.1) is 30.1 Å². The van der Waals surface area contributed by atoms with Crippen LogP contribution in [0.25, 0.3) is 0 Å². The van der Waals surface area contributed by atoms with Crippen molar-refractivity contribution in [3.63, 3.8) is 0 Å². The van der Waals surface area contributed by atoms with Crippen molar-refractivity contribution in [2.75, 3.05) is 0 Å². The summed E-state index contributed by atoms with van der Waals surface area (Å²) in [5.41, 5.74) is 1.14. The van der Waals surface area contributed by atoms with E-state index in [4.69, 9.17) is 0 Å². The van der Waals surface area contributed by atoms with Crippen molar-refractivity contribution in [3.8, 4) is 0 Å². The van der Waals surface area contributed by atoms with Gasteiger partial charge in [0.2, 0.25) is 0 Å². The number of Topliss-reactive ketones (excluding diaryl/α,β-unsaturated/α-hetero) is 1. The van der Waals surface area contributed by atoms with Crippen LogP contribution >= 0.6 is 0 Å². The molecule has 4 atom stereocenters. The van der Waals surface area contributed by atoms with Crippen LogP contribution in [-0.2, 0) is 11.3 Å². The van der Waals surface area contributed by atoms with Crippen LogP contribution in [0.2, 0.25) is 0 Å². The first kappa shape index (κ1) is 16.3. The van der Waals surface area contributed by atoms with Gasteiger partial charge in [0.1, 0.15) is 0 Å². The monoisotopic (exact) mass is 290 g/mol. The molecule has 21 heavy (non-hydrogen) atoms. The van der Waals surface area contributed by atoms with Crippen molar-refractivity contribution in [1.82, 2.24) is 9.78 Å². The van der Waals surface area contributed by atoms with Crippen LogP contribution in [0.1, 0.15) is 59.1 Å². The Morgan fingerprint density at radius 3 is 2.71 bits per heavy atom. The van der Waals surface area contributed by atoms with Crippen molar-refractivity contribution in [2.45, 2.75) is 66.8 Å². The third-order valence-electron chi connectivity index (χ3n) is 5.98. The van der Waals surface area contributed by atoms with Gasteiger partial charge < -0.3 is 0 Å². The molecule has 0 aliphatic heterocycles. The van der Waals surface area contributed by atoms with E-state index in [-0.39, 0.29) is 11.3 Å². The van der Waals surface area contributed by atoms with Crippen LogP contribution in [-0.4, -0.2) is 15.6 Å². The zero-order valence-electron chi connectivity index (χ0n) is 14.2. The summed E-state index contributed by atoms with van der Waals surface area (Å²) in [5, 5.41) is 4.36. The zero-order chi connectivity index (χ0) is 15.6. The number of nitrogens with zero attached hydrogens (tertiary/aromatic N) is 2. The Balaban J connectivity index is 2.13. The zero-order valence-corrected chi connectivity index (χ0v) is 14.2. The second-order valence-electron chi connectivity index (χ2n) is 7.10. The average Bonchev–Trinajstić information content (AvgIpc) is 3.02. The fraction of sp³-hybridized carbons (Fsp3) is 0.778. The van der Waals surface area contributed by atoms with Gasteiger partial charge in [-0.2, -0.15) is 5.10 Å². The molecule has 0 bridgehead atoms. The third kappa shape index (κ3) is 3.07. The summed E-state index contributed by atoms with van der Waals surface area (Å²) in [6, 6.07) is 1.96. The van der Waals surface area contributed by atoms with Gasteiger partial charge >= 0.3 is 0 Å². The minimum Gasteiger partial charge on any atom is -0.297 e. The Morgan fingerprint density at radius 1 is 1.48 bits per heavy atom. The normalized spacial score (nSPS) is 30.5. The first-order valence-corrected chi connectivity index (χ1v) is 8.45. The molecule has 1 fully saturated rings. The maximum atomic E-state index is 12.8. The van der Waals surface area contributed by atoms with Gasteiger partial charge in [0.05, 0.1) is 12.2 Å². The maximum Gasteiger partial charge on any atom is 0.157 e. The van der Waals surface area contributed by atoms with Gasteiger partial charge in [0.25, 0.3) is 0 Å². The minimum absolute atomic E-state index is 0.161. The van der Waals surface area contributed by atoms with Gasteiger partial charge in [0, 0.05) is 12.1 Å². The van der Waals surface area contributed by atoms with E-state index in [1.165, 1.54) is 12.8 Å². The SMILES string of the molecule is CCC(C)C1CCC(C(=O)Cn2ccc(C)n2)C1(C)CC. The molecule has 1 aromatic rings. The van der Waals surface area contributed by atoms with E-state index >= 15 is 0 Å². The van der Waals surface area contributed by atoms with Crippen LogP contribution in [0.15, 0.2) is 12.3 Å². The highest BCUT2D eigenvalue weighted by molar-refractivity contribution is 5.82. The lowest BCUT2D eigenvalue weighted by Gasteiger charge is -2.38. The lowest BCUT2D eigenvalue weighted by atomic mass is 9.66. The Morgan fingerprint density at radius 2 is 2.19 bits per heavy atom. The number of carbonyl (C=O) groups excluding carboxylic acids is 1. The molecule has 1 aliphatic rings. The molecule has 0 saturated heterocycles. The van der Waals surface area contributed by atoms with Crippen molar-refractivity contribution in [2.24, 2.45) is 23.2 Å². The summed E-state index contributed by atoms with van der Waals surface area (Å²) in [6.07, 6.45) is 6.47. The Labute approximate surface area is 129 Å². The first-order chi connectivity index (χ1) is 9.92. The molecule has 0 radical (unpaired) electrons. The Hall–Kier alpha value is -1.12. The van der Waals surface area contributed by atoms with Gasteiger partial charge in [-0.3, -0.25) is 9.48 Å². The fourth-order valence-electron chi connectivity index (χ4n) is 4.34. The predicted molar refractivity (Wildman–Crippen MR) is 86.0 cm³/mol. The molecule has 3 nitrogen and oxygen atoms in total. The molecule has 1 aliphatic carbocycles. The van der Waals surface area contributed by atoms with Crippen LogP contribution < -0.4 is 0 Å². The summed E-state index contributed by atoms with van der Waals surface area (Å²) >= 11 is 0. The predicted octanol–water partition coefficient (Wildman–Crippen LogP) is 4.25. The molecule has 1 heterocycles. The minimum atomic E-state index is 0.161. The molecule has 0 amide bonds. The largest absolute Gasteiger partial charge is 0.297 e. The molecule has 118 valence electrons. The summed E-state index contributed by atoms with van der Waals surface area (Å²) in [6.45, 7) is 11.6. The second-order valence-corrected chi connectivity index (χ2v) is 7.10. The van der Waals surface area contributed by atoms with Crippen LogP contribution in [0.4, 0.5) is 0 Å². The second kappa shape index (κ2) is 6.33. The van der Waals surface area contributed by atoms with E-state index in [9.17, 15) is 4.79 Å². The molecule has 0 spiro atoms. The molecule has 2 rings (SSSR count). The summed E-state index contributed by atoms with van der Waals surface area (Å²) < 4.78 is 1.80. The molecule has 1 aromatic heterocycles. The average molecular weight is 290 g/mol. The number of ketones is 1. The standard InChI is InChI=1S/C18H30N2O/c1-6-13(3)15-8-9-16(18(15,5)7-2)17(21)12-20-11-10-14(4)19-20/h10-11,13,15-16H,6-9,12H2,1-5H3. The molecule has 3 heteroatoms. The molecule has 0 aromatic carbocycles. The first-order valence-electron chi connectivity index (χ1n) is 8.45. The lowest BCUT2D eigenvalue weighted by molar-refractivity contribution is -0.127. The van der Waals surface area contributed by atoms with Gasteiger partial charge in [-0.15, -0.1) is 0 Å². The summed E-state index contributed by atoms with van der Waals surface area (Å²) in [7, 11) is 0. The number of hydrogen-bond donors (Lipinski definition) is 0. The summed E-state index contributed by atoms with van der Waals surface area (Å²) in [4.78, 5) is 12.8. The van der Waals surface area contributed by atoms with Crippen molar-refractivity contribution < 1.29 is 4.79 Å².